The minimum Gasteiger partial charge on any atom is -0.496 e. The minimum atomic E-state index is -0.327. The predicted octanol–water partition coefficient (Wildman–Crippen LogP) is 3.33. The van der Waals surface area contributed by atoms with Crippen LogP contribution in [0.15, 0.2) is 60.3 Å². The first kappa shape index (κ1) is 21.6. The third-order valence-corrected chi connectivity index (χ3v) is 4.93. The summed E-state index contributed by atoms with van der Waals surface area (Å²) in [7, 11) is 3.39. The number of carbonyl (C=O) groups is 2. The first-order valence-electron chi connectivity index (χ1n) is 10.0. The molecular weight excluding hydrogens is 380 g/mol. The molecule has 0 spiro atoms. The Morgan fingerprint density at radius 1 is 0.967 bits per heavy atom. The Hall–Kier alpha value is -3.12. The van der Waals surface area contributed by atoms with Crippen LogP contribution in [0.3, 0.4) is 0 Å². The van der Waals surface area contributed by atoms with Crippen molar-refractivity contribution in [3.8, 4) is 5.75 Å². The molecule has 0 N–H and O–H groups in total. The van der Waals surface area contributed by atoms with Gasteiger partial charge in [0.15, 0.2) is 0 Å². The number of imide groups is 1. The van der Waals surface area contributed by atoms with Crippen molar-refractivity contribution in [2.24, 2.45) is 0 Å². The predicted molar refractivity (Wildman–Crippen MR) is 116 cm³/mol. The molecule has 0 bridgehead atoms. The zero-order valence-corrected chi connectivity index (χ0v) is 17.9. The number of hydrogen-bond acceptors (Lipinski definition) is 5. The van der Waals surface area contributed by atoms with Crippen LogP contribution in [0.2, 0.25) is 0 Å². The summed E-state index contributed by atoms with van der Waals surface area (Å²) in [5.41, 5.74) is 2.40. The first-order chi connectivity index (χ1) is 14.4. The van der Waals surface area contributed by atoms with E-state index in [1.54, 1.807) is 13.2 Å². The fourth-order valence-corrected chi connectivity index (χ4v) is 3.53. The Morgan fingerprint density at radius 2 is 1.63 bits per heavy atom. The normalized spacial score (nSPS) is 14.1. The molecule has 1 aliphatic rings. The van der Waals surface area contributed by atoms with Gasteiger partial charge in [0.05, 0.1) is 31.9 Å². The van der Waals surface area contributed by atoms with Crippen molar-refractivity contribution >= 4 is 17.4 Å². The molecule has 2 aromatic carbocycles. The summed E-state index contributed by atoms with van der Waals surface area (Å²) in [5.74, 6) is -0.0852. The molecule has 3 rings (SSSR count). The van der Waals surface area contributed by atoms with E-state index in [0.29, 0.717) is 35.7 Å². The molecule has 1 heterocycles. The Balaban J connectivity index is 1.99. The number of benzene rings is 2. The van der Waals surface area contributed by atoms with Crippen molar-refractivity contribution < 1.29 is 19.1 Å². The number of amides is 2. The highest BCUT2D eigenvalue weighted by Crippen LogP contribution is 2.36. The van der Waals surface area contributed by atoms with Gasteiger partial charge < -0.3 is 14.4 Å². The van der Waals surface area contributed by atoms with Gasteiger partial charge in [0.25, 0.3) is 11.8 Å². The number of carbonyl (C=O) groups excluding carboxylic acids is 2. The molecule has 1 aliphatic heterocycles. The second-order valence-corrected chi connectivity index (χ2v) is 7.45. The maximum Gasteiger partial charge on any atom is 0.277 e. The smallest absolute Gasteiger partial charge is 0.277 e. The van der Waals surface area contributed by atoms with Gasteiger partial charge >= 0.3 is 0 Å². The van der Waals surface area contributed by atoms with E-state index in [0.717, 1.165) is 5.56 Å². The second-order valence-electron chi connectivity index (χ2n) is 7.45. The molecule has 6 nitrogen and oxygen atoms in total. The Kier molecular flexibility index (Phi) is 6.90. The summed E-state index contributed by atoms with van der Waals surface area (Å²) >= 11 is 0. The Morgan fingerprint density at radius 3 is 2.30 bits per heavy atom. The molecule has 0 unspecified atom stereocenters. The molecule has 158 valence electrons. The molecule has 2 aromatic rings. The maximum absolute atomic E-state index is 13.3. The van der Waals surface area contributed by atoms with Crippen LogP contribution in [0, 0.1) is 0 Å². The van der Waals surface area contributed by atoms with E-state index < -0.39 is 0 Å². The lowest BCUT2D eigenvalue weighted by molar-refractivity contribution is -0.138. The van der Waals surface area contributed by atoms with Crippen LogP contribution in [0.1, 0.15) is 25.0 Å². The van der Waals surface area contributed by atoms with Gasteiger partial charge in [-0.25, -0.2) is 0 Å². The average Bonchev–Trinajstić information content (AvgIpc) is 2.98. The van der Waals surface area contributed by atoms with E-state index in [9.17, 15) is 9.59 Å². The number of ether oxygens (including phenoxy) is 2. The average molecular weight is 408 g/mol. The minimum absolute atomic E-state index is 0.0275. The number of para-hydroxylation sites is 1. The van der Waals surface area contributed by atoms with Gasteiger partial charge in [0.2, 0.25) is 0 Å². The maximum atomic E-state index is 13.3. The van der Waals surface area contributed by atoms with Crippen molar-refractivity contribution in [3.63, 3.8) is 0 Å². The lowest BCUT2D eigenvalue weighted by Crippen LogP contribution is -2.37. The van der Waals surface area contributed by atoms with Gasteiger partial charge in [-0.15, -0.1) is 0 Å². The molecule has 0 aromatic heterocycles. The number of hydrogen-bond donors (Lipinski definition) is 0. The molecule has 0 aliphatic carbocycles. The topological polar surface area (TPSA) is 59.1 Å². The van der Waals surface area contributed by atoms with Crippen LogP contribution in [0.5, 0.6) is 5.75 Å². The quantitative estimate of drug-likeness (QED) is 0.596. The molecule has 0 atom stereocenters. The number of methoxy groups -OCH3 is 1. The zero-order valence-electron chi connectivity index (χ0n) is 17.9. The van der Waals surface area contributed by atoms with Gasteiger partial charge in [0, 0.05) is 19.2 Å². The SMILES string of the molecule is COc1ccccc1C1=C(N(C)Cc2ccccc2)C(=O)N(CCOC(C)C)C1=O. The highest BCUT2D eigenvalue weighted by atomic mass is 16.5. The molecular formula is C24H28N2O4. The molecule has 0 saturated heterocycles. The monoisotopic (exact) mass is 408 g/mol. The van der Waals surface area contributed by atoms with Gasteiger partial charge in [-0.2, -0.15) is 0 Å². The largest absolute Gasteiger partial charge is 0.496 e. The van der Waals surface area contributed by atoms with Crippen LogP contribution in [0.25, 0.3) is 5.57 Å². The first-order valence-corrected chi connectivity index (χ1v) is 10.0. The van der Waals surface area contributed by atoms with Crippen molar-refractivity contribution in [1.82, 2.24) is 9.80 Å². The Labute approximate surface area is 177 Å². The lowest BCUT2D eigenvalue weighted by atomic mass is 10.0. The van der Waals surface area contributed by atoms with Crippen LogP contribution in [-0.4, -0.2) is 55.0 Å². The van der Waals surface area contributed by atoms with Crippen LogP contribution in [0.4, 0.5) is 0 Å². The summed E-state index contributed by atoms with van der Waals surface area (Å²) < 4.78 is 11.1. The van der Waals surface area contributed by atoms with Crippen LogP contribution < -0.4 is 4.74 Å². The van der Waals surface area contributed by atoms with E-state index in [1.807, 2.05) is 74.3 Å². The fraction of sp³-hybridized carbons (Fsp3) is 0.333. The van der Waals surface area contributed by atoms with Gasteiger partial charge in [-0.1, -0.05) is 48.5 Å². The van der Waals surface area contributed by atoms with E-state index in [4.69, 9.17) is 9.47 Å². The van der Waals surface area contributed by atoms with Crippen LogP contribution >= 0.6 is 0 Å². The molecule has 2 amide bonds. The van der Waals surface area contributed by atoms with Crippen molar-refractivity contribution in [2.75, 3.05) is 27.3 Å². The van der Waals surface area contributed by atoms with Gasteiger partial charge in [-0.05, 0) is 25.5 Å². The second kappa shape index (κ2) is 9.59. The summed E-state index contributed by atoms with van der Waals surface area (Å²) in [6.07, 6.45) is 0.0275. The van der Waals surface area contributed by atoms with E-state index in [-0.39, 0.29) is 24.5 Å². The highest BCUT2D eigenvalue weighted by molar-refractivity contribution is 6.36. The number of nitrogens with zero attached hydrogens (tertiary/aromatic N) is 2. The highest BCUT2D eigenvalue weighted by Gasteiger charge is 2.41. The zero-order chi connectivity index (χ0) is 21.7. The molecule has 6 heteroatoms. The van der Waals surface area contributed by atoms with Crippen molar-refractivity contribution in [1.29, 1.82) is 0 Å². The Bertz CT molecular complexity index is 937. The summed E-state index contributed by atoms with van der Waals surface area (Å²) in [4.78, 5) is 29.8. The van der Waals surface area contributed by atoms with Crippen LogP contribution in [-0.2, 0) is 20.9 Å². The van der Waals surface area contributed by atoms with E-state index in [1.165, 1.54) is 4.90 Å². The molecule has 30 heavy (non-hydrogen) atoms. The molecule has 0 radical (unpaired) electrons. The molecule has 0 fully saturated rings. The van der Waals surface area contributed by atoms with E-state index >= 15 is 0 Å². The van der Waals surface area contributed by atoms with E-state index in [2.05, 4.69) is 0 Å². The van der Waals surface area contributed by atoms with Gasteiger partial charge in [0.1, 0.15) is 11.4 Å². The number of likely N-dealkylation sites (N-methyl/N-ethyl adjacent to an activating group) is 1. The summed E-state index contributed by atoms with van der Waals surface area (Å²) in [5, 5.41) is 0. The van der Waals surface area contributed by atoms with Crippen molar-refractivity contribution in [2.45, 2.75) is 26.5 Å². The van der Waals surface area contributed by atoms with Gasteiger partial charge in [-0.3, -0.25) is 14.5 Å². The van der Waals surface area contributed by atoms with Crippen molar-refractivity contribution in [3.05, 3.63) is 71.4 Å². The number of rotatable bonds is 9. The lowest BCUT2D eigenvalue weighted by Gasteiger charge is -2.22. The summed E-state index contributed by atoms with van der Waals surface area (Å²) in [6, 6.07) is 17.1. The molecule has 0 saturated carbocycles. The third kappa shape index (κ3) is 4.54. The standard InChI is InChI=1S/C24H28N2O4/c1-17(2)30-15-14-26-23(27)21(19-12-8-9-13-20(19)29-4)22(24(26)28)25(3)16-18-10-6-5-7-11-18/h5-13,17H,14-16H2,1-4H3. The third-order valence-electron chi connectivity index (χ3n) is 4.93. The summed E-state index contributed by atoms with van der Waals surface area (Å²) in [6.45, 7) is 4.85. The fourth-order valence-electron chi connectivity index (χ4n) is 3.53.